The summed E-state index contributed by atoms with van der Waals surface area (Å²) in [6.07, 6.45) is 2.88. The van der Waals surface area contributed by atoms with Crippen LogP contribution in [-0.4, -0.2) is 32.4 Å². The van der Waals surface area contributed by atoms with E-state index in [-0.39, 0.29) is 5.09 Å². The van der Waals surface area contributed by atoms with E-state index in [4.69, 9.17) is 4.42 Å². The summed E-state index contributed by atoms with van der Waals surface area (Å²) in [5.41, 5.74) is 0. The second-order valence-corrected chi connectivity index (χ2v) is 7.35. The first kappa shape index (κ1) is 15.5. The molecule has 114 valence electrons. The van der Waals surface area contributed by atoms with E-state index >= 15 is 0 Å². The highest BCUT2D eigenvalue weighted by Crippen LogP contribution is 2.24. The van der Waals surface area contributed by atoms with Crippen LogP contribution in [0.5, 0.6) is 0 Å². The van der Waals surface area contributed by atoms with Crippen molar-refractivity contribution < 1.29 is 12.8 Å². The molecule has 0 unspecified atom stereocenters. The Balaban J connectivity index is 2.02. The zero-order valence-electron chi connectivity index (χ0n) is 12.3. The topological polar surface area (TPSA) is 62.6 Å². The number of furan rings is 1. The number of hydrogen-bond acceptors (Lipinski definition) is 4. The van der Waals surface area contributed by atoms with Gasteiger partial charge in [0.2, 0.25) is 5.09 Å². The number of sulfonamides is 1. The molecule has 0 aromatic carbocycles. The number of rotatable bonds is 6. The molecule has 1 aliphatic heterocycles. The zero-order valence-corrected chi connectivity index (χ0v) is 13.1. The molecule has 1 fully saturated rings. The van der Waals surface area contributed by atoms with E-state index in [0.717, 1.165) is 25.8 Å². The summed E-state index contributed by atoms with van der Waals surface area (Å²) in [6.45, 7) is 6.89. The van der Waals surface area contributed by atoms with Gasteiger partial charge in [0.25, 0.3) is 10.0 Å². The zero-order chi connectivity index (χ0) is 14.6. The fourth-order valence-electron chi connectivity index (χ4n) is 2.33. The number of piperidine rings is 1. The van der Waals surface area contributed by atoms with Crippen molar-refractivity contribution in [2.24, 2.45) is 5.92 Å². The lowest BCUT2D eigenvalue weighted by atomic mass is 10.0. The maximum atomic E-state index is 12.4. The molecular weight excluding hydrogens is 276 g/mol. The van der Waals surface area contributed by atoms with Gasteiger partial charge in [-0.3, -0.25) is 0 Å². The van der Waals surface area contributed by atoms with Gasteiger partial charge in [-0.25, -0.2) is 8.42 Å². The number of hydrogen-bond donors (Lipinski definition) is 1. The summed E-state index contributed by atoms with van der Waals surface area (Å²) in [6, 6.07) is 3.30. The van der Waals surface area contributed by atoms with Crippen LogP contribution in [0.1, 0.15) is 38.9 Å². The van der Waals surface area contributed by atoms with Crippen LogP contribution in [0.15, 0.2) is 21.6 Å². The highest BCUT2D eigenvalue weighted by Gasteiger charge is 2.30. The molecule has 0 aliphatic carbocycles. The van der Waals surface area contributed by atoms with Crippen molar-refractivity contribution in [1.82, 2.24) is 9.62 Å². The van der Waals surface area contributed by atoms with Gasteiger partial charge < -0.3 is 9.73 Å². The van der Waals surface area contributed by atoms with Crippen LogP contribution >= 0.6 is 0 Å². The Morgan fingerprint density at radius 3 is 2.70 bits per heavy atom. The molecule has 1 aliphatic rings. The second kappa shape index (κ2) is 6.74. The molecule has 2 heterocycles. The molecule has 1 aromatic rings. The van der Waals surface area contributed by atoms with Crippen LogP contribution in [0.25, 0.3) is 0 Å². The maximum absolute atomic E-state index is 12.4. The van der Waals surface area contributed by atoms with Crippen LogP contribution in [0, 0.1) is 5.92 Å². The molecule has 0 bridgehead atoms. The van der Waals surface area contributed by atoms with Gasteiger partial charge in [0, 0.05) is 13.1 Å². The summed E-state index contributed by atoms with van der Waals surface area (Å²) < 4.78 is 31.9. The molecule has 6 heteroatoms. The van der Waals surface area contributed by atoms with Crippen molar-refractivity contribution in [1.29, 1.82) is 0 Å². The van der Waals surface area contributed by atoms with E-state index in [1.165, 1.54) is 4.31 Å². The lowest BCUT2D eigenvalue weighted by Crippen LogP contribution is -2.37. The molecule has 2 rings (SSSR count). The smallest absolute Gasteiger partial charge is 0.276 e. The van der Waals surface area contributed by atoms with Gasteiger partial charge in [-0.05, 0) is 43.9 Å². The van der Waals surface area contributed by atoms with Gasteiger partial charge >= 0.3 is 0 Å². The van der Waals surface area contributed by atoms with E-state index in [0.29, 0.717) is 31.3 Å². The normalized spacial score (nSPS) is 18.5. The summed E-state index contributed by atoms with van der Waals surface area (Å²) in [5.74, 6) is 1.27. The SMILES string of the molecule is CCCNCc1ccc(S(=O)(=O)N2CCC(C)CC2)o1. The van der Waals surface area contributed by atoms with E-state index in [9.17, 15) is 8.42 Å². The lowest BCUT2D eigenvalue weighted by molar-refractivity contribution is 0.279. The Bertz CT molecular complexity index is 516. The number of nitrogens with one attached hydrogen (secondary N) is 1. The fourth-order valence-corrected chi connectivity index (χ4v) is 3.73. The summed E-state index contributed by atoms with van der Waals surface area (Å²) >= 11 is 0. The van der Waals surface area contributed by atoms with E-state index in [2.05, 4.69) is 19.2 Å². The van der Waals surface area contributed by atoms with Gasteiger partial charge in [0.1, 0.15) is 5.76 Å². The molecule has 1 N–H and O–H groups in total. The Kier molecular flexibility index (Phi) is 5.23. The predicted molar refractivity (Wildman–Crippen MR) is 77.9 cm³/mol. The monoisotopic (exact) mass is 300 g/mol. The Labute approximate surface area is 121 Å². The summed E-state index contributed by atoms with van der Waals surface area (Å²) in [7, 11) is -3.46. The minimum absolute atomic E-state index is 0.0698. The molecule has 20 heavy (non-hydrogen) atoms. The Morgan fingerprint density at radius 1 is 1.35 bits per heavy atom. The second-order valence-electron chi connectivity index (χ2n) is 5.48. The van der Waals surface area contributed by atoms with Gasteiger partial charge in [-0.15, -0.1) is 0 Å². The van der Waals surface area contributed by atoms with Gasteiger partial charge in [-0.2, -0.15) is 4.31 Å². The minimum Gasteiger partial charge on any atom is -0.447 e. The first-order valence-electron chi connectivity index (χ1n) is 7.33. The molecule has 0 saturated carbocycles. The van der Waals surface area contributed by atoms with Gasteiger partial charge in [0.15, 0.2) is 0 Å². The van der Waals surface area contributed by atoms with E-state index in [1.54, 1.807) is 12.1 Å². The van der Waals surface area contributed by atoms with Gasteiger partial charge in [-0.1, -0.05) is 13.8 Å². The fraction of sp³-hybridized carbons (Fsp3) is 0.714. The number of nitrogens with zero attached hydrogens (tertiary/aromatic N) is 1. The predicted octanol–water partition coefficient (Wildman–Crippen LogP) is 2.20. The average molecular weight is 300 g/mol. The summed E-state index contributed by atoms with van der Waals surface area (Å²) in [5, 5.41) is 3.27. The first-order chi connectivity index (χ1) is 9.54. The van der Waals surface area contributed by atoms with E-state index in [1.807, 2.05) is 0 Å². The molecule has 1 aromatic heterocycles. The standard InChI is InChI=1S/C14H24N2O3S/c1-3-8-15-11-13-4-5-14(19-13)20(17,18)16-9-6-12(2)7-10-16/h4-5,12,15H,3,6-11H2,1-2H3. The molecular formula is C14H24N2O3S. The van der Waals surface area contributed by atoms with Crippen LogP contribution in [0.4, 0.5) is 0 Å². The Hall–Kier alpha value is -0.850. The molecule has 0 radical (unpaired) electrons. The molecule has 1 saturated heterocycles. The van der Waals surface area contributed by atoms with Crippen molar-refractivity contribution in [3.63, 3.8) is 0 Å². The third-order valence-electron chi connectivity index (χ3n) is 3.70. The molecule has 0 atom stereocenters. The van der Waals surface area contributed by atoms with Crippen LogP contribution in [-0.2, 0) is 16.6 Å². The van der Waals surface area contributed by atoms with Crippen LogP contribution in [0.3, 0.4) is 0 Å². The third-order valence-corrected chi connectivity index (χ3v) is 5.47. The van der Waals surface area contributed by atoms with E-state index < -0.39 is 10.0 Å². The van der Waals surface area contributed by atoms with Crippen molar-refractivity contribution in [2.75, 3.05) is 19.6 Å². The molecule has 0 amide bonds. The third kappa shape index (κ3) is 3.62. The Morgan fingerprint density at radius 2 is 2.05 bits per heavy atom. The highest BCUT2D eigenvalue weighted by atomic mass is 32.2. The first-order valence-corrected chi connectivity index (χ1v) is 8.77. The largest absolute Gasteiger partial charge is 0.447 e. The highest BCUT2D eigenvalue weighted by molar-refractivity contribution is 7.89. The molecule has 5 nitrogen and oxygen atoms in total. The van der Waals surface area contributed by atoms with Crippen LogP contribution < -0.4 is 5.32 Å². The van der Waals surface area contributed by atoms with Crippen molar-refractivity contribution in [3.8, 4) is 0 Å². The minimum atomic E-state index is -3.46. The van der Waals surface area contributed by atoms with Crippen molar-refractivity contribution in [2.45, 2.75) is 44.7 Å². The quantitative estimate of drug-likeness (QED) is 0.818. The molecule has 0 spiro atoms. The van der Waals surface area contributed by atoms with Crippen molar-refractivity contribution >= 4 is 10.0 Å². The van der Waals surface area contributed by atoms with Gasteiger partial charge in [0.05, 0.1) is 6.54 Å². The lowest BCUT2D eigenvalue weighted by Gasteiger charge is -2.28. The average Bonchev–Trinajstić information content (AvgIpc) is 2.89. The maximum Gasteiger partial charge on any atom is 0.276 e. The summed E-state index contributed by atoms with van der Waals surface area (Å²) in [4.78, 5) is 0. The van der Waals surface area contributed by atoms with Crippen LogP contribution in [0.2, 0.25) is 0 Å². The van der Waals surface area contributed by atoms with Crippen molar-refractivity contribution in [3.05, 3.63) is 17.9 Å².